The maximum Gasteiger partial charge on any atom is 0.460 e. The number of carbonyl (C=O) groups excluding carboxylic acids is 1. The fourth-order valence-corrected chi connectivity index (χ4v) is 1.49. The van der Waals surface area contributed by atoms with Crippen molar-refractivity contribution in [2.45, 2.75) is 30.9 Å². The van der Waals surface area contributed by atoms with E-state index in [1.165, 1.54) is 17.4 Å². The van der Waals surface area contributed by atoms with Crippen LogP contribution in [0.25, 0.3) is 0 Å². The van der Waals surface area contributed by atoms with E-state index in [4.69, 9.17) is 5.26 Å². The van der Waals surface area contributed by atoms with Crippen LogP contribution >= 0.6 is 0 Å². The summed E-state index contributed by atoms with van der Waals surface area (Å²) in [6.07, 6.45) is -6.08. The second-order valence-electron chi connectivity index (χ2n) is 4.46. The number of amides is 1. The van der Waals surface area contributed by atoms with Crippen LogP contribution in [0.15, 0.2) is 24.3 Å². The van der Waals surface area contributed by atoms with Crippen LogP contribution in [0.1, 0.15) is 12.0 Å². The van der Waals surface area contributed by atoms with Crippen LogP contribution in [0.5, 0.6) is 0 Å². The molecule has 23 heavy (non-hydrogen) atoms. The van der Waals surface area contributed by atoms with E-state index in [-0.39, 0.29) is 12.1 Å². The van der Waals surface area contributed by atoms with Crippen molar-refractivity contribution in [1.29, 1.82) is 5.26 Å². The molecule has 0 aliphatic rings. The highest BCUT2D eigenvalue weighted by molar-refractivity contribution is 5.97. The van der Waals surface area contributed by atoms with E-state index in [1.807, 2.05) is 6.07 Å². The molecule has 0 atom stereocenters. The summed E-state index contributed by atoms with van der Waals surface area (Å²) in [6.45, 7) is 0. The van der Waals surface area contributed by atoms with Gasteiger partial charge >= 0.3 is 23.9 Å². The van der Waals surface area contributed by atoms with E-state index in [0.29, 0.717) is 12.0 Å². The first-order valence-electron chi connectivity index (χ1n) is 6.03. The Morgan fingerprint density at radius 3 is 2.00 bits per heavy atom. The Morgan fingerprint density at radius 2 is 1.57 bits per heavy atom. The lowest BCUT2D eigenvalue weighted by Crippen LogP contribution is -2.57. The van der Waals surface area contributed by atoms with Gasteiger partial charge in [0.25, 0.3) is 0 Å². The molecule has 3 nitrogen and oxygen atoms in total. The lowest BCUT2D eigenvalue weighted by Gasteiger charge is -2.27. The van der Waals surface area contributed by atoms with Gasteiger partial charge in [-0.15, -0.1) is 0 Å². The van der Waals surface area contributed by atoms with Crippen LogP contribution in [0.2, 0.25) is 0 Å². The minimum absolute atomic E-state index is 0.168. The summed E-state index contributed by atoms with van der Waals surface area (Å²) >= 11 is 0. The first-order valence-corrected chi connectivity index (χ1v) is 6.03. The van der Waals surface area contributed by atoms with Crippen molar-refractivity contribution in [3.63, 3.8) is 0 Å². The van der Waals surface area contributed by atoms with Gasteiger partial charge in [0.05, 0.1) is 6.07 Å². The molecule has 0 spiro atoms. The second-order valence-corrected chi connectivity index (χ2v) is 4.46. The smallest absolute Gasteiger partial charge is 0.321 e. The first kappa shape index (κ1) is 18.7. The Hall–Kier alpha value is -2.31. The molecule has 0 saturated carbocycles. The Balaban J connectivity index is 2.88. The van der Waals surface area contributed by atoms with Crippen molar-refractivity contribution in [2.75, 3.05) is 5.32 Å². The van der Waals surface area contributed by atoms with Gasteiger partial charge in [-0.1, -0.05) is 12.1 Å². The van der Waals surface area contributed by atoms with E-state index in [0.717, 1.165) is 12.1 Å². The Morgan fingerprint density at radius 1 is 1.04 bits per heavy atom. The van der Waals surface area contributed by atoms with E-state index in [2.05, 4.69) is 0 Å². The van der Waals surface area contributed by atoms with Crippen molar-refractivity contribution in [3.05, 3.63) is 29.8 Å². The van der Waals surface area contributed by atoms with Crippen LogP contribution in [0, 0.1) is 11.3 Å². The number of nitriles is 1. The predicted octanol–water partition coefficient (Wildman–Crippen LogP) is 3.91. The number of hydrogen-bond donors (Lipinski definition) is 1. The van der Waals surface area contributed by atoms with Gasteiger partial charge in [0.1, 0.15) is 0 Å². The molecule has 0 bridgehead atoms. The third-order valence-corrected chi connectivity index (χ3v) is 2.77. The highest BCUT2D eigenvalue weighted by Crippen LogP contribution is 2.46. The number of alkyl halides is 7. The number of halogens is 7. The summed E-state index contributed by atoms with van der Waals surface area (Å²) in [5.41, 5.74) is 0.213. The standard InChI is InChI=1S/C13H9F7N2O/c14-11(15,12(16,17)13(18,19)20)10(23)22-9-5-3-8(4-6-9)2-1-7-21/h3-6H,1-2H2,(H,22,23). The second kappa shape index (κ2) is 6.44. The Bertz CT molecular complexity index is 602. The van der Waals surface area contributed by atoms with Gasteiger partial charge in [-0.05, 0) is 24.1 Å². The minimum atomic E-state index is -6.57. The molecule has 1 rings (SSSR count). The van der Waals surface area contributed by atoms with Crippen molar-refractivity contribution in [1.82, 2.24) is 0 Å². The fourth-order valence-electron chi connectivity index (χ4n) is 1.49. The molecule has 0 saturated heterocycles. The maximum absolute atomic E-state index is 13.1. The molecule has 0 radical (unpaired) electrons. The normalized spacial score (nSPS) is 12.6. The molecule has 0 heterocycles. The lowest BCUT2D eigenvalue weighted by atomic mass is 10.1. The Kier molecular flexibility index (Phi) is 5.24. The van der Waals surface area contributed by atoms with Crippen molar-refractivity contribution in [2.24, 2.45) is 0 Å². The number of anilines is 1. The zero-order chi connectivity index (χ0) is 17.9. The Labute approximate surface area is 125 Å². The van der Waals surface area contributed by atoms with Crippen LogP contribution in [-0.4, -0.2) is 23.9 Å². The SMILES string of the molecule is N#CCCc1ccc(NC(=O)C(F)(F)C(F)(F)C(F)(F)F)cc1. The number of hydrogen-bond acceptors (Lipinski definition) is 2. The van der Waals surface area contributed by atoms with Crippen LogP contribution in [0.4, 0.5) is 36.4 Å². The molecular weight excluding hydrogens is 333 g/mol. The third-order valence-electron chi connectivity index (χ3n) is 2.77. The molecule has 0 aromatic heterocycles. The monoisotopic (exact) mass is 342 g/mol. The lowest BCUT2D eigenvalue weighted by molar-refractivity contribution is -0.343. The number of carbonyl (C=O) groups is 1. The molecule has 0 unspecified atom stereocenters. The molecule has 1 aromatic rings. The van der Waals surface area contributed by atoms with Gasteiger partial charge in [0, 0.05) is 12.1 Å². The molecule has 10 heteroatoms. The van der Waals surface area contributed by atoms with Crippen LogP contribution in [-0.2, 0) is 11.2 Å². The van der Waals surface area contributed by atoms with E-state index in [9.17, 15) is 35.5 Å². The number of nitrogens with one attached hydrogen (secondary N) is 1. The zero-order valence-electron chi connectivity index (χ0n) is 11.2. The zero-order valence-corrected chi connectivity index (χ0v) is 11.2. The summed E-state index contributed by atoms with van der Waals surface area (Å²) in [4.78, 5) is 11.1. The van der Waals surface area contributed by atoms with Crippen LogP contribution in [0.3, 0.4) is 0 Å². The number of benzene rings is 1. The predicted molar refractivity (Wildman–Crippen MR) is 65.0 cm³/mol. The summed E-state index contributed by atoms with van der Waals surface area (Å²) in [6, 6.07) is 6.58. The van der Waals surface area contributed by atoms with Gasteiger partial charge < -0.3 is 5.32 Å². The van der Waals surface area contributed by atoms with Crippen LogP contribution < -0.4 is 5.32 Å². The van der Waals surface area contributed by atoms with Gasteiger partial charge in [-0.2, -0.15) is 36.0 Å². The van der Waals surface area contributed by atoms with E-state index >= 15 is 0 Å². The van der Waals surface area contributed by atoms with Gasteiger partial charge in [-0.3, -0.25) is 4.79 Å². The number of rotatable bonds is 5. The van der Waals surface area contributed by atoms with Gasteiger partial charge in [0.15, 0.2) is 0 Å². The molecule has 1 amide bonds. The van der Waals surface area contributed by atoms with E-state index < -0.39 is 23.9 Å². The molecule has 126 valence electrons. The summed E-state index contributed by atoms with van der Waals surface area (Å²) < 4.78 is 87.5. The number of nitrogens with zero attached hydrogens (tertiary/aromatic N) is 1. The number of aryl methyl sites for hydroxylation is 1. The summed E-state index contributed by atoms with van der Waals surface area (Å²) in [5, 5.41) is 9.69. The van der Waals surface area contributed by atoms with Gasteiger partial charge in [-0.25, -0.2) is 0 Å². The average molecular weight is 342 g/mol. The molecule has 0 aliphatic heterocycles. The van der Waals surface area contributed by atoms with E-state index in [1.54, 1.807) is 0 Å². The largest absolute Gasteiger partial charge is 0.460 e. The third kappa shape index (κ3) is 3.91. The highest BCUT2D eigenvalue weighted by Gasteiger charge is 2.76. The average Bonchev–Trinajstić information content (AvgIpc) is 2.45. The van der Waals surface area contributed by atoms with Gasteiger partial charge in [0.2, 0.25) is 0 Å². The molecule has 1 N–H and O–H groups in total. The van der Waals surface area contributed by atoms with Crippen molar-refractivity contribution < 1.29 is 35.5 Å². The van der Waals surface area contributed by atoms with Crippen molar-refractivity contribution in [3.8, 4) is 6.07 Å². The minimum Gasteiger partial charge on any atom is -0.321 e. The molecule has 0 fully saturated rings. The quantitative estimate of drug-likeness (QED) is 0.825. The summed E-state index contributed by atoms with van der Waals surface area (Å²) in [5.74, 6) is -15.2. The maximum atomic E-state index is 13.1. The molecule has 0 aliphatic carbocycles. The van der Waals surface area contributed by atoms with Crippen molar-refractivity contribution >= 4 is 11.6 Å². The summed E-state index contributed by atoms with van der Waals surface area (Å²) in [7, 11) is 0. The fraction of sp³-hybridized carbons (Fsp3) is 0.385. The molecular formula is C13H9F7N2O. The molecule has 1 aromatic carbocycles. The topological polar surface area (TPSA) is 52.9 Å². The first-order chi connectivity index (χ1) is 10.4. The highest BCUT2D eigenvalue weighted by atomic mass is 19.4.